The molecule has 1 saturated carbocycles. The zero-order chi connectivity index (χ0) is 20.7. The minimum atomic E-state index is -1.25. The van der Waals surface area contributed by atoms with Crippen LogP contribution in [0.1, 0.15) is 31.1 Å². The SMILES string of the molecule is Cc1onc2c1c(=O)n(C1CCC(NC(=O)CNC(=O)O)C1)c1cccc(Cl)c21. The highest BCUT2D eigenvalue weighted by Gasteiger charge is 2.30. The molecule has 3 aromatic rings. The van der Waals surface area contributed by atoms with Gasteiger partial charge in [-0.1, -0.05) is 22.8 Å². The first-order valence-electron chi connectivity index (χ1n) is 9.21. The van der Waals surface area contributed by atoms with Gasteiger partial charge in [0.15, 0.2) is 0 Å². The molecule has 1 fully saturated rings. The minimum Gasteiger partial charge on any atom is -0.465 e. The number of hydrogen-bond donors (Lipinski definition) is 3. The van der Waals surface area contributed by atoms with Crippen molar-refractivity contribution in [2.45, 2.75) is 38.3 Å². The highest BCUT2D eigenvalue weighted by molar-refractivity contribution is 6.37. The fraction of sp³-hybridized carbons (Fsp3) is 0.368. The van der Waals surface area contributed by atoms with Gasteiger partial charge < -0.3 is 24.8 Å². The normalized spacial score (nSPS) is 19.0. The van der Waals surface area contributed by atoms with Crippen LogP contribution in [0.4, 0.5) is 4.79 Å². The zero-order valence-corrected chi connectivity index (χ0v) is 16.3. The maximum atomic E-state index is 13.3. The molecule has 0 spiro atoms. The standard InChI is InChI=1S/C19H19ClN4O5/c1-9-15-17(23-29-9)16-12(20)3-2-4-13(16)24(18(15)26)11-6-5-10(7-11)22-14(25)8-21-19(27)28/h2-4,10-11,21H,5-8H2,1H3,(H,22,25)(H,27,28). The zero-order valence-electron chi connectivity index (χ0n) is 15.6. The molecule has 2 unspecified atom stereocenters. The molecule has 10 heteroatoms. The molecular weight excluding hydrogens is 400 g/mol. The Labute approximate surface area is 169 Å². The Morgan fingerprint density at radius 1 is 1.34 bits per heavy atom. The van der Waals surface area contributed by atoms with Crippen LogP contribution < -0.4 is 16.2 Å². The fourth-order valence-electron chi connectivity index (χ4n) is 4.09. The van der Waals surface area contributed by atoms with Gasteiger partial charge >= 0.3 is 6.09 Å². The van der Waals surface area contributed by atoms with Crippen molar-refractivity contribution >= 4 is 45.4 Å². The maximum absolute atomic E-state index is 13.3. The molecule has 3 N–H and O–H groups in total. The number of carbonyl (C=O) groups excluding carboxylic acids is 1. The van der Waals surface area contributed by atoms with Gasteiger partial charge in [-0.3, -0.25) is 9.59 Å². The molecule has 152 valence electrons. The van der Waals surface area contributed by atoms with E-state index in [-0.39, 0.29) is 24.2 Å². The Balaban J connectivity index is 1.69. The molecule has 4 rings (SSSR count). The number of hydrogen-bond acceptors (Lipinski definition) is 5. The highest BCUT2D eigenvalue weighted by Crippen LogP contribution is 2.36. The van der Waals surface area contributed by atoms with Gasteiger partial charge in [0.1, 0.15) is 16.7 Å². The molecule has 9 nitrogen and oxygen atoms in total. The van der Waals surface area contributed by atoms with E-state index < -0.39 is 12.0 Å². The molecule has 2 atom stereocenters. The summed E-state index contributed by atoms with van der Waals surface area (Å²) in [5, 5.41) is 19.1. The van der Waals surface area contributed by atoms with Gasteiger partial charge in [-0.05, 0) is 38.3 Å². The van der Waals surface area contributed by atoms with E-state index in [1.54, 1.807) is 23.6 Å². The molecule has 2 aromatic heterocycles. The van der Waals surface area contributed by atoms with Gasteiger partial charge in [0.05, 0.1) is 17.1 Å². The van der Waals surface area contributed by atoms with Gasteiger partial charge in [0.2, 0.25) is 5.91 Å². The summed E-state index contributed by atoms with van der Waals surface area (Å²) in [7, 11) is 0. The lowest BCUT2D eigenvalue weighted by molar-refractivity contribution is -0.120. The number of carbonyl (C=O) groups is 2. The van der Waals surface area contributed by atoms with Gasteiger partial charge in [-0.25, -0.2) is 4.79 Å². The van der Waals surface area contributed by atoms with Crippen LogP contribution in [0.3, 0.4) is 0 Å². The first-order chi connectivity index (χ1) is 13.9. The number of aromatic nitrogens is 2. The minimum absolute atomic E-state index is 0.139. The van der Waals surface area contributed by atoms with Gasteiger partial charge in [0.25, 0.3) is 5.56 Å². The van der Waals surface area contributed by atoms with E-state index in [9.17, 15) is 14.4 Å². The molecular formula is C19H19ClN4O5. The van der Waals surface area contributed by atoms with Crippen LogP contribution in [0.2, 0.25) is 5.02 Å². The molecule has 2 amide bonds. The van der Waals surface area contributed by atoms with Crippen LogP contribution in [0.15, 0.2) is 27.5 Å². The molecule has 1 aromatic carbocycles. The molecule has 0 saturated heterocycles. The van der Waals surface area contributed by atoms with Crippen molar-refractivity contribution in [2.75, 3.05) is 6.54 Å². The number of aryl methyl sites for hydroxylation is 1. The second-order valence-electron chi connectivity index (χ2n) is 7.16. The number of fused-ring (bicyclic) bond motifs is 3. The lowest BCUT2D eigenvalue weighted by Crippen LogP contribution is -2.40. The van der Waals surface area contributed by atoms with Gasteiger partial charge in [-0.15, -0.1) is 0 Å². The summed E-state index contributed by atoms with van der Waals surface area (Å²) in [5.41, 5.74) is 0.929. The molecule has 1 aliphatic rings. The Bertz CT molecular complexity index is 1180. The summed E-state index contributed by atoms with van der Waals surface area (Å²) in [6.45, 7) is 1.39. The fourth-order valence-corrected chi connectivity index (χ4v) is 4.35. The number of amides is 2. The second-order valence-corrected chi connectivity index (χ2v) is 7.57. The van der Waals surface area contributed by atoms with Crippen LogP contribution in [0.25, 0.3) is 21.8 Å². The molecule has 0 radical (unpaired) electrons. The van der Waals surface area contributed by atoms with Crippen LogP contribution in [-0.2, 0) is 4.79 Å². The van der Waals surface area contributed by atoms with Crippen LogP contribution >= 0.6 is 11.6 Å². The molecule has 29 heavy (non-hydrogen) atoms. The summed E-state index contributed by atoms with van der Waals surface area (Å²) in [6.07, 6.45) is 0.667. The highest BCUT2D eigenvalue weighted by atomic mass is 35.5. The van der Waals surface area contributed by atoms with E-state index >= 15 is 0 Å². The van der Waals surface area contributed by atoms with Crippen LogP contribution in [-0.4, -0.2) is 39.4 Å². The smallest absolute Gasteiger partial charge is 0.405 e. The number of benzene rings is 1. The van der Waals surface area contributed by atoms with Crippen molar-refractivity contribution in [1.29, 1.82) is 0 Å². The summed E-state index contributed by atoms with van der Waals surface area (Å²) >= 11 is 6.43. The van der Waals surface area contributed by atoms with Crippen molar-refractivity contribution in [3.8, 4) is 0 Å². The molecule has 0 aliphatic heterocycles. The van der Waals surface area contributed by atoms with Crippen molar-refractivity contribution in [3.63, 3.8) is 0 Å². The van der Waals surface area contributed by atoms with Crippen molar-refractivity contribution < 1.29 is 19.2 Å². The number of nitrogens with zero attached hydrogens (tertiary/aromatic N) is 2. The Kier molecular flexibility index (Phi) is 4.91. The monoisotopic (exact) mass is 418 g/mol. The Morgan fingerprint density at radius 3 is 2.90 bits per heavy atom. The van der Waals surface area contributed by atoms with Crippen molar-refractivity contribution in [1.82, 2.24) is 20.4 Å². The largest absolute Gasteiger partial charge is 0.465 e. The van der Waals surface area contributed by atoms with Crippen LogP contribution in [0, 0.1) is 6.92 Å². The Hall–Kier alpha value is -3.07. The predicted molar refractivity (Wildman–Crippen MR) is 106 cm³/mol. The number of halogens is 1. The number of rotatable bonds is 4. The number of nitrogens with one attached hydrogen (secondary N) is 2. The quantitative estimate of drug-likeness (QED) is 0.597. The van der Waals surface area contributed by atoms with E-state index in [0.29, 0.717) is 51.9 Å². The topological polar surface area (TPSA) is 126 Å². The van der Waals surface area contributed by atoms with Crippen LogP contribution in [0.5, 0.6) is 0 Å². The van der Waals surface area contributed by atoms with E-state index in [4.69, 9.17) is 21.2 Å². The van der Waals surface area contributed by atoms with Gasteiger partial charge in [0, 0.05) is 17.5 Å². The predicted octanol–water partition coefficient (Wildman–Crippen LogP) is 2.58. The molecule has 1 aliphatic carbocycles. The van der Waals surface area contributed by atoms with E-state index in [1.807, 2.05) is 11.4 Å². The lowest BCUT2D eigenvalue weighted by Gasteiger charge is -2.19. The van der Waals surface area contributed by atoms with E-state index in [0.717, 1.165) is 0 Å². The molecule has 0 bridgehead atoms. The summed E-state index contributed by atoms with van der Waals surface area (Å²) in [4.78, 5) is 35.7. The summed E-state index contributed by atoms with van der Waals surface area (Å²) in [6, 6.07) is 5.07. The number of carboxylic acid groups (broad SMARTS) is 1. The lowest BCUT2D eigenvalue weighted by atomic mass is 10.1. The van der Waals surface area contributed by atoms with E-state index in [1.165, 1.54) is 0 Å². The summed E-state index contributed by atoms with van der Waals surface area (Å²) in [5.74, 6) is 0.0341. The first kappa shape index (κ1) is 19.3. The average molecular weight is 419 g/mol. The van der Waals surface area contributed by atoms with Gasteiger partial charge in [-0.2, -0.15) is 0 Å². The average Bonchev–Trinajstić information content (AvgIpc) is 3.27. The second kappa shape index (κ2) is 7.40. The molecule has 2 heterocycles. The summed E-state index contributed by atoms with van der Waals surface area (Å²) < 4.78 is 6.98. The van der Waals surface area contributed by atoms with Crippen molar-refractivity contribution in [3.05, 3.63) is 39.3 Å². The number of pyridine rings is 1. The maximum Gasteiger partial charge on any atom is 0.405 e. The third-order valence-corrected chi connectivity index (χ3v) is 5.63. The Morgan fingerprint density at radius 2 is 2.14 bits per heavy atom. The first-order valence-corrected chi connectivity index (χ1v) is 9.59. The third kappa shape index (κ3) is 3.42. The van der Waals surface area contributed by atoms with E-state index in [2.05, 4.69) is 10.5 Å². The third-order valence-electron chi connectivity index (χ3n) is 5.32. The van der Waals surface area contributed by atoms with Crippen molar-refractivity contribution in [2.24, 2.45) is 0 Å².